The molecule has 0 aromatic rings. The van der Waals surface area contributed by atoms with Crippen molar-refractivity contribution in [2.75, 3.05) is 41.0 Å². The van der Waals surface area contributed by atoms with Crippen LogP contribution in [-0.2, 0) is 28.6 Å². The van der Waals surface area contributed by atoms with E-state index in [-0.39, 0.29) is 36.2 Å². The molecule has 0 spiro atoms. The van der Waals surface area contributed by atoms with E-state index in [1.165, 1.54) is 77.0 Å². The summed E-state index contributed by atoms with van der Waals surface area (Å²) >= 11 is 0. The largest absolute Gasteiger partial charge is 0.477 e. The predicted octanol–water partition coefficient (Wildman–Crippen LogP) is 15.3. The molecule has 0 aliphatic carbocycles. The lowest BCUT2D eigenvalue weighted by molar-refractivity contribution is -0.887. The molecule has 372 valence electrons. The molecule has 0 aromatic heterocycles. The third-order valence-corrected chi connectivity index (χ3v) is 11.3. The number of ether oxygens (including phenoxy) is 3. The Morgan fingerprint density at radius 3 is 1.20 bits per heavy atom. The summed E-state index contributed by atoms with van der Waals surface area (Å²) in [6.07, 6.45) is 62.0. The molecule has 0 saturated carbocycles. The number of aliphatic carboxylic acids is 1. The van der Waals surface area contributed by atoms with Gasteiger partial charge in [-0.25, -0.2) is 4.79 Å². The van der Waals surface area contributed by atoms with Crippen LogP contribution >= 0.6 is 0 Å². The Hall–Kier alpha value is -3.49. The number of carboxylic acid groups (broad SMARTS) is 1. The summed E-state index contributed by atoms with van der Waals surface area (Å²) in [4.78, 5) is 37.2. The van der Waals surface area contributed by atoms with Gasteiger partial charge in [0, 0.05) is 19.3 Å². The number of allylic oxidation sites excluding steroid dienone is 14. The average Bonchev–Trinajstić information content (AvgIpc) is 3.27. The van der Waals surface area contributed by atoms with Gasteiger partial charge in [0.15, 0.2) is 12.1 Å². The quantitative estimate of drug-likeness (QED) is 0.0281. The van der Waals surface area contributed by atoms with E-state index in [0.717, 1.165) is 96.3 Å². The van der Waals surface area contributed by atoms with Gasteiger partial charge in [-0.3, -0.25) is 9.59 Å². The van der Waals surface area contributed by atoms with Gasteiger partial charge in [-0.2, -0.15) is 0 Å². The second-order valence-corrected chi connectivity index (χ2v) is 18.4. The third-order valence-electron chi connectivity index (χ3n) is 11.3. The van der Waals surface area contributed by atoms with E-state index in [1.54, 1.807) is 0 Å². The Bertz CT molecular complexity index is 1330. The van der Waals surface area contributed by atoms with Crippen molar-refractivity contribution in [3.8, 4) is 0 Å². The molecule has 0 fully saturated rings. The molecule has 8 nitrogen and oxygen atoms in total. The van der Waals surface area contributed by atoms with Crippen molar-refractivity contribution in [2.45, 2.75) is 219 Å². The highest BCUT2D eigenvalue weighted by molar-refractivity contribution is 5.72. The van der Waals surface area contributed by atoms with E-state index in [4.69, 9.17) is 14.2 Å². The fraction of sp³-hybridized carbons (Fsp3) is 0.702. The van der Waals surface area contributed by atoms with Crippen LogP contribution in [-0.4, -0.2) is 80.6 Å². The first-order valence-corrected chi connectivity index (χ1v) is 26.1. The van der Waals surface area contributed by atoms with Crippen LogP contribution < -0.4 is 0 Å². The van der Waals surface area contributed by atoms with Gasteiger partial charge in [0.25, 0.3) is 0 Å². The molecule has 0 heterocycles. The normalized spacial score (nSPS) is 13.6. The summed E-state index contributed by atoms with van der Waals surface area (Å²) in [5.74, 6) is -1.48. The molecular weight excluding hydrogens is 811 g/mol. The van der Waals surface area contributed by atoms with E-state index < -0.39 is 18.1 Å². The number of esters is 2. The van der Waals surface area contributed by atoms with Crippen molar-refractivity contribution in [2.24, 2.45) is 0 Å². The average molecular weight is 909 g/mol. The molecule has 0 rings (SSSR count). The second kappa shape index (κ2) is 47.0. The Morgan fingerprint density at radius 1 is 0.462 bits per heavy atom. The van der Waals surface area contributed by atoms with Gasteiger partial charge < -0.3 is 23.8 Å². The van der Waals surface area contributed by atoms with Crippen LogP contribution in [0.1, 0.15) is 206 Å². The molecule has 0 aromatic carbocycles. The summed E-state index contributed by atoms with van der Waals surface area (Å²) in [6.45, 7) is 4.51. The van der Waals surface area contributed by atoms with Gasteiger partial charge in [0.2, 0.25) is 0 Å². The third kappa shape index (κ3) is 45.5. The smallest absolute Gasteiger partial charge is 0.362 e. The molecule has 0 radical (unpaired) electrons. The lowest BCUT2D eigenvalue weighted by Crippen LogP contribution is -2.50. The zero-order chi connectivity index (χ0) is 47.7. The maximum Gasteiger partial charge on any atom is 0.362 e. The molecule has 2 unspecified atom stereocenters. The number of carboxylic acids is 1. The van der Waals surface area contributed by atoms with Crippen molar-refractivity contribution >= 4 is 17.9 Å². The summed E-state index contributed by atoms with van der Waals surface area (Å²) in [6, 6.07) is -0.621. The fourth-order valence-corrected chi connectivity index (χ4v) is 7.33. The lowest BCUT2D eigenvalue weighted by Gasteiger charge is -2.31. The number of carbonyl (C=O) groups excluding carboxylic acids is 2. The maximum absolute atomic E-state index is 12.8. The first-order valence-electron chi connectivity index (χ1n) is 26.1. The first kappa shape index (κ1) is 61.5. The van der Waals surface area contributed by atoms with E-state index >= 15 is 0 Å². The monoisotopic (exact) mass is 909 g/mol. The van der Waals surface area contributed by atoms with E-state index in [1.807, 2.05) is 21.1 Å². The van der Waals surface area contributed by atoms with Crippen LogP contribution in [0.2, 0.25) is 0 Å². The Labute approximate surface area is 399 Å². The summed E-state index contributed by atoms with van der Waals surface area (Å²) in [7, 11) is 5.53. The summed E-state index contributed by atoms with van der Waals surface area (Å²) in [5, 5.41) is 9.66. The van der Waals surface area contributed by atoms with Crippen molar-refractivity contribution in [1.29, 1.82) is 0 Å². The van der Waals surface area contributed by atoms with Gasteiger partial charge in [-0.1, -0.05) is 189 Å². The number of rotatable bonds is 46. The van der Waals surface area contributed by atoms with Gasteiger partial charge in [-0.05, 0) is 83.5 Å². The van der Waals surface area contributed by atoms with Crippen LogP contribution in [0.15, 0.2) is 85.1 Å². The minimum absolute atomic E-state index is 0.0532. The Balaban J connectivity index is 4.26. The van der Waals surface area contributed by atoms with Crippen molar-refractivity contribution in [3.63, 3.8) is 0 Å². The molecule has 0 aliphatic rings. The highest BCUT2D eigenvalue weighted by Crippen LogP contribution is 2.15. The number of carbonyl (C=O) groups is 3. The topological polar surface area (TPSA) is 99.1 Å². The van der Waals surface area contributed by atoms with Crippen LogP contribution in [0, 0.1) is 0 Å². The van der Waals surface area contributed by atoms with E-state index in [9.17, 15) is 19.5 Å². The number of likely N-dealkylation sites (N-methyl/N-ethyl adjacent to an activating group) is 1. The maximum atomic E-state index is 12.8. The molecular formula is C57H98NO7+. The van der Waals surface area contributed by atoms with Crippen molar-refractivity contribution < 1.29 is 38.2 Å². The van der Waals surface area contributed by atoms with Crippen LogP contribution in [0.25, 0.3) is 0 Å². The van der Waals surface area contributed by atoms with Crippen LogP contribution in [0.4, 0.5) is 0 Å². The molecule has 1 N–H and O–H groups in total. The van der Waals surface area contributed by atoms with Gasteiger partial charge in [-0.15, -0.1) is 0 Å². The molecule has 0 bridgehead atoms. The minimum atomic E-state index is -0.879. The zero-order valence-corrected chi connectivity index (χ0v) is 42.4. The molecule has 2 atom stereocenters. The SMILES string of the molecule is CC/C=C/C/C=C/C/C=C/C/C=C/CCCCCCCCCCCC(=O)OC(COCCC(C(=O)O)[N+](C)(C)C)COC(=O)CCCCCCCCCCC/C=C/C/C=C/C/C=C/CC. The van der Waals surface area contributed by atoms with Crippen LogP contribution in [0.3, 0.4) is 0 Å². The lowest BCUT2D eigenvalue weighted by atomic mass is 10.1. The van der Waals surface area contributed by atoms with E-state index in [0.29, 0.717) is 19.3 Å². The molecule has 8 heteroatoms. The molecule has 0 amide bonds. The van der Waals surface area contributed by atoms with Crippen molar-refractivity contribution in [3.05, 3.63) is 85.1 Å². The highest BCUT2D eigenvalue weighted by atomic mass is 16.6. The molecule has 0 aliphatic heterocycles. The number of hydrogen-bond acceptors (Lipinski definition) is 6. The Kier molecular flexibility index (Phi) is 44.5. The molecule has 0 saturated heterocycles. The summed E-state index contributed by atoms with van der Waals surface area (Å²) < 4.78 is 17.4. The number of hydrogen-bond donors (Lipinski definition) is 1. The predicted molar refractivity (Wildman–Crippen MR) is 275 cm³/mol. The Morgan fingerprint density at radius 2 is 0.815 bits per heavy atom. The van der Waals surface area contributed by atoms with E-state index in [2.05, 4.69) is 98.9 Å². The first-order chi connectivity index (χ1) is 31.6. The number of unbranched alkanes of at least 4 members (excludes halogenated alkanes) is 18. The fourth-order valence-electron chi connectivity index (χ4n) is 7.33. The number of quaternary nitrogens is 1. The second-order valence-electron chi connectivity index (χ2n) is 18.4. The minimum Gasteiger partial charge on any atom is -0.477 e. The van der Waals surface area contributed by atoms with Gasteiger partial charge in [0.1, 0.15) is 6.61 Å². The van der Waals surface area contributed by atoms with Crippen LogP contribution in [0.5, 0.6) is 0 Å². The standard InChI is InChI=1S/C57H97NO7/c1-6-8-10-12-14-16-18-20-22-24-26-27-28-30-32-34-36-38-40-42-44-46-48-56(60)65-53(51-63-50-49-54(57(61)62)58(3,4)5)52-64-55(59)47-45-43-41-39-37-35-33-31-29-25-23-21-19-17-15-13-11-9-7-2/h8-11,14-17,20-23,26-27,53-54H,6-7,12-13,18-19,24-25,28-52H2,1-5H3/p+1/b10-8+,11-9+,16-14+,17-15+,22-20+,23-21+,27-26+. The molecule has 65 heavy (non-hydrogen) atoms. The van der Waals surface area contributed by atoms with Crippen molar-refractivity contribution in [1.82, 2.24) is 0 Å². The van der Waals surface area contributed by atoms with Gasteiger partial charge in [0.05, 0.1) is 34.4 Å². The highest BCUT2D eigenvalue weighted by Gasteiger charge is 2.31. The number of nitrogens with zero attached hydrogens (tertiary/aromatic N) is 1. The van der Waals surface area contributed by atoms with Gasteiger partial charge >= 0.3 is 17.9 Å². The zero-order valence-electron chi connectivity index (χ0n) is 42.4. The summed E-state index contributed by atoms with van der Waals surface area (Å²) in [5.41, 5.74) is 0.